The van der Waals surface area contributed by atoms with Gasteiger partial charge in [0.1, 0.15) is 0 Å². The van der Waals surface area contributed by atoms with Gasteiger partial charge in [0.2, 0.25) is 0 Å². The van der Waals surface area contributed by atoms with Crippen molar-refractivity contribution in [3.8, 4) is 0 Å². The van der Waals surface area contributed by atoms with Crippen LogP contribution >= 0.6 is 0 Å². The molecule has 19 heavy (non-hydrogen) atoms. The van der Waals surface area contributed by atoms with Crippen LogP contribution < -0.4 is 0 Å². The normalized spacial score (nSPS) is 9.47. The van der Waals surface area contributed by atoms with Gasteiger partial charge in [-0.1, -0.05) is 13.0 Å². The molecule has 0 fully saturated rings. The van der Waals surface area contributed by atoms with E-state index in [2.05, 4.69) is 38.9 Å². The van der Waals surface area contributed by atoms with Gasteiger partial charge in [-0.3, -0.25) is 4.21 Å². The van der Waals surface area contributed by atoms with Gasteiger partial charge in [-0.05, 0) is 24.9 Å². The molecular formula is C13H16FeO4S-2. The van der Waals surface area contributed by atoms with Crippen LogP contribution in [0.2, 0.25) is 0 Å². The molecule has 0 bridgehead atoms. The van der Waals surface area contributed by atoms with Crippen molar-refractivity contribution in [2.24, 2.45) is 0 Å². The third-order valence-corrected chi connectivity index (χ3v) is 2.78. The Morgan fingerprint density at radius 1 is 1.26 bits per heavy atom. The predicted molar refractivity (Wildman–Crippen MR) is 67.8 cm³/mol. The Morgan fingerprint density at radius 3 is 1.63 bits per heavy atom. The summed E-state index contributed by atoms with van der Waals surface area (Å²) in [5.41, 5.74) is 1.34. The van der Waals surface area contributed by atoms with Crippen LogP contribution in [-0.2, 0) is 37.5 Å². The van der Waals surface area contributed by atoms with Crippen molar-refractivity contribution in [1.82, 2.24) is 0 Å². The molecule has 0 radical (unpaired) electrons. The Hall–Kier alpha value is -0.801. The van der Waals surface area contributed by atoms with Gasteiger partial charge >= 0.3 is 22.6 Å². The number of aryl methyl sites for hydroxylation is 1. The Balaban J connectivity index is -0.0000000912. The van der Waals surface area contributed by atoms with Crippen LogP contribution in [0.5, 0.6) is 0 Å². The second kappa shape index (κ2) is 17.2. The maximum Gasteiger partial charge on any atom is 0 e. The summed E-state index contributed by atoms with van der Waals surface area (Å²) in [5, 5.41) is 0. The summed E-state index contributed by atoms with van der Waals surface area (Å²) in [7, 11) is 0. The summed E-state index contributed by atoms with van der Waals surface area (Å²) in [6.07, 6.45) is 1.40. The Kier molecular flexibility index (Phi) is 24.2. The van der Waals surface area contributed by atoms with Gasteiger partial charge in [0.15, 0.2) is 0 Å². The molecule has 0 aliphatic carbocycles. The van der Waals surface area contributed by atoms with Gasteiger partial charge in [0.05, 0.1) is 0 Å². The standard InChI is InChI=1S/C6H7.C5H10O2S.2CO.Fe/c1-6-4-2-3-5-6;1-4-5(2,3)8(6)7;2*1-2;/h2-5H,1H3;4H,1H2,2-3H3,(H,6,7);;;/q-1;;;;/p-1. The Bertz CT molecular complexity index is 360. The van der Waals surface area contributed by atoms with E-state index in [0.29, 0.717) is 0 Å². The third kappa shape index (κ3) is 17.2. The second-order valence-electron chi connectivity index (χ2n) is 3.50. The summed E-state index contributed by atoms with van der Waals surface area (Å²) in [6, 6.07) is 8.24. The molecule has 0 aromatic heterocycles. The van der Waals surface area contributed by atoms with Crippen molar-refractivity contribution >= 4 is 11.1 Å². The van der Waals surface area contributed by atoms with E-state index in [4.69, 9.17) is 9.30 Å². The molecule has 108 valence electrons. The molecule has 0 saturated heterocycles. The zero-order chi connectivity index (χ0) is 15.2. The van der Waals surface area contributed by atoms with E-state index in [0.717, 1.165) is 0 Å². The van der Waals surface area contributed by atoms with Gasteiger partial charge in [0, 0.05) is 21.8 Å². The zero-order valence-electron chi connectivity index (χ0n) is 11.0. The van der Waals surface area contributed by atoms with Gasteiger partial charge in [-0.15, -0.1) is 6.58 Å². The summed E-state index contributed by atoms with van der Waals surface area (Å²) in [6.45, 7) is 17.6. The minimum atomic E-state index is -2.04. The van der Waals surface area contributed by atoms with E-state index in [-0.39, 0.29) is 17.1 Å². The summed E-state index contributed by atoms with van der Waals surface area (Å²) < 4.78 is 34.6. The molecule has 0 amide bonds. The van der Waals surface area contributed by atoms with E-state index in [1.54, 1.807) is 13.8 Å². The molecule has 0 heterocycles. The fourth-order valence-corrected chi connectivity index (χ4v) is 0.674. The van der Waals surface area contributed by atoms with E-state index in [1.807, 2.05) is 12.1 Å². The molecule has 4 nitrogen and oxygen atoms in total. The average molecular weight is 324 g/mol. The minimum absolute atomic E-state index is 0. The quantitative estimate of drug-likeness (QED) is 0.275. The summed E-state index contributed by atoms with van der Waals surface area (Å²) >= 11 is -2.04. The number of hydrogen-bond acceptors (Lipinski definition) is 2. The smallest absolute Gasteiger partial charge is 0 e. The van der Waals surface area contributed by atoms with Crippen LogP contribution in [0.3, 0.4) is 0 Å². The second-order valence-corrected chi connectivity index (χ2v) is 5.03. The first kappa shape index (κ1) is 26.7. The average Bonchev–Trinajstić information content (AvgIpc) is 2.86. The van der Waals surface area contributed by atoms with Crippen LogP contribution in [0.1, 0.15) is 19.4 Å². The van der Waals surface area contributed by atoms with Crippen LogP contribution in [0, 0.1) is 20.2 Å². The fraction of sp³-hybridized carbons (Fsp3) is 0.308. The van der Waals surface area contributed by atoms with Crippen molar-refractivity contribution in [2.45, 2.75) is 25.5 Å². The van der Waals surface area contributed by atoms with Crippen LogP contribution in [-0.4, -0.2) is 13.5 Å². The molecule has 0 aliphatic heterocycles. The van der Waals surface area contributed by atoms with Crippen molar-refractivity contribution in [1.29, 1.82) is 0 Å². The van der Waals surface area contributed by atoms with Gasteiger partial charge in [-0.25, -0.2) is 12.1 Å². The van der Waals surface area contributed by atoms with E-state index < -0.39 is 15.8 Å². The monoisotopic (exact) mass is 324 g/mol. The molecule has 0 aliphatic rings. The molecule has 6 heteroatoms. The molecule has 0 saturated carbocycles. The van der Waals surface area contributed by atoms with Crippen molar-refractivity contribution in [2.75, 3.05) is 0 Å². The van der Waals surface area contributed by atoms with Gasteiger partial charge in [-0.2, -0.15) is 17.7 Å². The fourth-order valence-electron chi connectivity index (χ4n) is 0.538. The first-order chi connectivity index (χ1) is 8.40. The first-order valence-electron chi connectivity index (χ1n) is 4.72. The number of rotatable bonds is 2. The summed E-state index contributed by atoms with van der Waals surface area (Å²) in [5.74, 6) is 0. The zero-order valence-corrected chi connectivity index (χ0v) is 12.9. The van der Waals surface area contributed by atoms with Crippen LogP contribution in [0.15, 0.2) is 36.9 Å². The van der Waals surface area contributed by atoms with E-state index >= 15 is 0 Å². The SMILES string of the molecule is C=CC(C)(C)S(=O)[O-].C[c-]1cccc1.[C-]#[O+].[C-]#[O+].[Fe]. The maximum atomic E-state index is 10.2. The molecule has 1 aromatic carbocycles. The van der Waals surface area contributed by atoms with Crippen molar-refractivity contribution in [3.05, 3.63) is 55.8 Å². The largest absolute Gasteiger partial charge is 0 e. The van der Waals surface area contributed by atoms with Gasteiger partial charge in [0.25, 0.3) is 0 Å². The van der Waals surface area contributed by atoms with Crippen LogP contribution in [0.4, 0.5) is 0 Å². The molecule has 0 N–H and O–H groups in total. The molecule has 1 aromatic rings. The van der Waals surface area contributed by atoms with E-state index in [9.17, 15) is 8.76 Å². The molecular weight excluding hydrogens is 308 g/mol. The van der Waals surface area contributed by atoms with Crippen molar-refractivity contribution < 1.29 is 35.1 Å². The third-order valence-electron chi connectivity index (χ3n) is 1.75. The van der Waals surface area contributed by atoms with Crippen molar-refractivity contribution in [3.63, 3.8) is 0 Å². The molecule has 0 spiro atoms. The summed E-state index contributed by atoms with van der Waals surface area (Å²) in [4.78, 5) is 0. The Morgan fingerprint density at radius 2 is 1.58 bits per heavy atom. The maximum absolute atomic E-state index is 10.2. The Labute approximate surface area is 127 Å². The first-order valence-corrected chi connectivity index (χ1v) is 5.79. The minimum Gasteiger partial charge on any atom is 0 e. The van der Waals surface area contributed by atoms with Gasteiger partial charge < -0.3 is 4.55 Å². The number of hydrogen-bond donors (Lipinski definition) is 0. The molecule has 1 rings (SSSR count). The van der Waals surface area contributed by atoms with E-state index in [1.165, 1.54) is 11.6 Å². The van der Waals surface area contributed by atoms with Crippen LogP contribution in [0.25, 0.3) is 0 Å². The topological polar surface area (TPSA) is 79.9 Å². The molecule has 1 unspecified atom stereocenters. The predicted octanol–water partition coefficient (Wildman–Crippen LogP) is 2.47. The molecule has 1 atom stereocenters.